The Morgan fingerprint density at radius 3 is 2.89 bits per heavy atom. The molecule has 0 fully saturated rings. The second kappa shape index (κ2) is 8.89. The van der Waals surface area contributed by atoms with Crippen LogP contribution in [0.25, 0.3) is 0 Å². The summed E-state index contributed by atoms with van der Waals surface area (Å²) in [7, 11) is 0. The van der Waals surface area contributed by atoms with E-state index in [1.165, 1.54) is 0 Å². The summed E-state index contributed by atoms with van der Waals surface area (Å²) < 4.78 is 10.9. The van der Waals surface area contributed by atoms with Gasteiger partial charge in [-0.05, 0) is 25.5 Å². The van der Waals surface area contributed by atoms with Gasteiger partial charge in [-0.2, -0.15) is 0 Å². The molecule has 4 nitrogen and oxygen atoms in total. The van der Waals surface area contributed by atoms with Crippen molar-refractivity contribution in [3.05, 3.63) is 24.0 Å². The van der Waals surface area contributed by atoms with Crippen molar-refractivity contribution in [2.75, 3.05) is 26.4 Å². The van der Waals surface area contributed by atoms with E-state index in [0.717, 1.165) is 31.0 Å². The van der Waals surface area contributed by atoms with Crippen molar-refractivity contribution in [2.24, 2.45) is 5.92 Å². The topological polar surface area (TPSA) is 43.4 Å². The van der Waals surface area contributed by atoms with Gasteiger partial charge < -0.3 is 14.8 Å². The Bertz CT molecular complexity index is 329. The highest BCUT2D eigenvalue weighted by molar-refractivity contribution is 5.29. The summed E-state index contributed by atoms with van der Waals surface area (Å²) in [5, 5.41) is 3.39. The molecule has 0 saturated carbocycles. The van der Waals surface area contributed by atoms with Gasteiger partial charge in [0.15, 0.2) is 0 Å². The molecule has 1 aromatic heterocycles. The van der Waals surface area contributed by atoms with Crippen LogP contribution < -0.4 is 10.1 Å². The summed E-state index contributed by atoms with van der Waals surface area (Å²) in [5.41, 5.74) is 1.09. The number of nitrogens with zero attached hydrogens (tertiary/aromatic N) is 1. The van der Waals surface area contributed by atoms with Crippen LogP contribution in [0.4, 0.5) is 0 Å². The number of hydrogen-bond acceptors (Lipinski definition) is 4. The molecule has 102 valence electrons. The quantitative estimate of drug-likeness (QED) is 0.685. The highest BCUT2D eigenvalue weighted by Gasteiger charge is 2.03. The van der Waals surface area contributed by atoms with E-state index in [0.29, 0.717) is 19.1 Å². The fraction of sp³-hybridized carbons (Fsp3) is 0.643. The van der Waals surface area contributed by atoms with E-state index in [9.17, 15) is 0 Å². The SMILES string of the molecule is CCOCCOc1ccncc1CNCC(C)C. The van der Waals surface area contributed by atoms with Crippen molar-refractivity contribution in [3.63, 3.8) is 0 Å². The van der Waals surface area contributed by atoms with Crippen LogP contribution in [0.2, 0.25) is 0 Å². The van der Waals surface area contributed by atoms with Crippen LogP contribution in [0.1, 0.15) is 26.3 Å². The van der Waals surface area contributed by atoms with Crippen molar-refractivity contribution in [1.82, 2.24) is 10.3 Å². The van der Waals surface area contributed by atoms with Crippen LogP contribution in [0.5, 0.6) is 5.75 Å². The summed E-state index contributed by atoms with van der Waals surface area (Å²) in [4.78, 5) is 4.14. The smallest absolute Gasteiger partial charge is 0.126 e. The molecule has 1 N–H and O–H groups in total. The van der Waals surface area contributed by atoms with E-state index in [1.807, 2.05) is 19.2 Å². The van der Waals surface area contributed by atoms with Gasteiger partial charge in [0, 0.05) is 31.1 Å². The predicted molar refractivity (Wildman–Crippen MR) is 72.8 cm³/mol. The molecule has 0 spiro atoms. The molecule has 0 aromatic carbocycles. The molecule has 0 saturated heterocycles. The molecular formula is C14H24N2O2. The van der Waals surface area contributed by atoms with Gasteiger partial charge in [-0.1, -0.05) is 13.8 Å². The molecule has 0 atom stereocenters. The average molecular weight is 252 g/mol. The van der Waals surface area contributed by atoms with Crippen LogP contribution in [0.15, 0.2) is 18.5 Å². The maximum absolute atomic E-state index is 5.69. The van der Waals surface area contributed by atoms with Gasteiger partial charge in [0.1, 0.15) is 12.4 Å². The van der Waals surface area contributed by atoms with Crippen molar-refractivity contribution in [3.8, 4) is 5.75 Å². The maximum atomic E-state index is 5.69. The van der Waals surface area contributed by atoms with Gasteiger partial charge in [-0.15, -0.1) is 0 Å². The fourth-order valence-corrected chi connectivity index (χ4v) is 1.54. The minimum absolute atomic E-state index is 0.578. The summed E-state index contributed by atoms with van der Waals surface area (Å²) in [6, 6.07) is 1.90. The van der Waals surface area contributed by atoms with Crippen molar-refractivity contribution >= 4 is 0 Å². The van der Waals surface area contributed by atoms with Gasteiger partial charge in [0.2, 0.25) is 0 Å². The summed E-state index contributed by atoms with van der Waals surface area (Å²) in [6.45, 7) is 10.1. The highest BCUT2D eigenvalue weighted by atomic mass is 16.5. The molecule has 4 heteroatoms. The predicted octanol–water partition coefficient (Wildman–Crippen LogP) is 2.24. The fourth-order valence-electron chi connectivity index (χ4n) is 1.54. The van der Waals surface area contributed by atoms with E-state index in [-0.39, 0.29) is 0 Å². The summed E-state index contributed by atoms with van der Waals surface area (Å²) in [6.07, 6.45) is 3.60. The second-order valence-corrected chi connectivity index (χ2v) is 4.55. The monoisotopic (exact) mass is 252 g/mol. The molecule has 0 radical (unpaired) electrons. The molecule has 0 unspecified atom stereocenters. The molecule has 1 aromatic rings. The lowest BCUT2D eigenvalue weighted by molar-refractivity contribution is 0.109. The Morgan fingerprint density at radius 2 is 2.17 bits per heavy atom. The van der Waals surface area contributed by atoms with Gasteiger partial charge in [0.25, 0.3) is 0 Å². The number of hydrogen-bond donors (Lipinski definition) is 1. The third-order valence-electron chi connectivity index (χ3n) is 2.42. The number of aromatic nitrogens is 1. The number of ether oxygens (including phenoxy) is 2. The van der Waals surface area contributed by atoms with Crippen molar-refractivity contribution < 1.29 is 9.47 Å². The first-order valence-electron chi connectivity index (χ1n) is 6.58. The average Bonchev–Trinajstić information content (AvgIpc) is 2.36. The van der Waals surface area contributed by atoms with Crippen LogP contribution in [0, 0.1) is 5.92 Å². The Balaban J connectivity index is 2.40. The lowest BCUT2D eigenvalue weighted by Gasteiger charge is -2.12. The normalized spacial score (nSPS) is 10.9. The number of nitrogens with one attached hydrogen (secondary N) is 1. The minimum Gasteiger partial charge on any atom is -0.491 e. The lowest BCUT2D eigenvalue weighted by atomic mass is 10.2. The summed E-state index contributed by atoms with van der Waals surface area (Å²) in [5.74, 6) is 1.53. The van der Waals surface area contributed by atoms with E-state index in [2.05, 4.69) is 24.1 Å². The van der Waals surface area contributed by atoms with Crippen LogP contribution in [0.3, 0.4) is 0 Å². The molecule has 0 aliphatic heterocycles. The largest absolute Gasteiger partial charge is 0.491 e. The van der Waals surface area contributed by atoms with Gasteiger partial charge in [-0.25, -0.2) is 0 Å². The standard InChI is InChI=1S/C14H24N2O2/c1-4-17-7-8-18-14-5-6-15-10-13(14)11-16-9-12(2)3/h5-6,10,12,16H,4,7-9,11H2,1-3H3. The summed E-state index contributed by atoms with van der Waals surface area (Å²) >= 11 is 0. The number of rotatable bonds is 9. The highest BCUT2D eigenvalue weighted by Crippen LogP contribution is 2.16. The third-order valence-corrected chi connectivity index (χ3v) is 2.42. The van der Waals surface area contributed by atoms with E-state index < -0.39 is 0 Å². The van der Waals surface area contributed by atoms with Crippen molar-refractivity contribution in [2.45, 2.75) is 27.3 Å². The Kier molecular flexibility index (Phi) is 7.37. The van der Waals surface area contributed by atoms with Crippen LogP contribution in [-0.4, -0.2) is 31.3 Å². The Labute approximate surface area is 110 Å². The Hall–Kier alpha value is -1.13. The maximum Gasteiger partial charge on any atom is 0.126 e. The molecule has 0 amide bonds. The molecule has 1 heterocycles. The van der Waals surface area contributed by atoms with E-state index in [4.69, 9.17) is 9.47 Å². The lowest BCUT2D eigenvalue weighted by Crippen LogP contribution is -2.19. The zero-order valence-corrected chi connectivity index (χ0v) is 11.6. The van der Waals surface area contributed by atoms with Gasteiger partial charge in [0.05, 0.1) is 6.61 Å². The zero-order valence-electron chi connectivity index (χ0n) is 11.6. The zero-order chi connectivity index (χ0) is 13.2. The number of pyridine rings is 1. The van der Waals surface area contributed by atoms with Crippen molar-refractivity contribution in [1.29, 1.82) is 0 Å². The molecule has 1 rings (SSSR count). The molecule has 0 aliphatic carbocycles. The Morgan fingerprint density at radius 1 is 1.33 bits per heavy atom. The first kappa shape index (κ1) is 14.9. The van der Waals surface area contributed by atoms with E-state index >= 15 is 0 Å². The first-order valence-corrected chi connectivity index (χ1v) is 6.58. The van der Waals surface area contributed by atoms with Gasteiger partial charge in [-0.3, -0.25) is 4.98 Å². The van der Waals surface area contributed by atoms with Crippen LogP contribution in [-0.2, 0) is 11.3 Å². The molecule has 0 aliphatic rings. The molecular weight excluding hydrogens is 228 g/mol. The molecule has 0 bridgehead atoms. The minimum atomic E-state index is 0.578. The van der Waals surface area contributed by atoms with Gasteiger partial charge >= 0.3 is 0 Å². The third kappa shape index (κ3) is 5.98. The second-order valence-electron chi connectivity index (χ2n) is 4.55. The first-order chi connectivity index (χ1) is 8.74. The molecule has 18 heavy (non-hydrogen) atoms. The van der Waals surface area contributed by atoms with Crippen LogP contribution >= 0.6 is 0 Å². The van der Waals surface area contributed by atoms with E-state index in [1.54, 1.807) is 6.20 Å².